The summed E-state index contributed by atoms with van der Waals surface area (Å²) in [7, 11) is 4.64. The highest BCUT2D eigenvalue weighted by Gasteiger charge is 2.16. The first kappa shape index (κ1) is 25.4. The Morgan fingerprint density at radius 2 is 1.84 bits per heavy atom. The van der Waals surface area contributed by atoms with Gasteiger partial charge in [0.1, 0.15) is 19.3 Å². The molecule has 3 rings (SSSR count). The molecule has 0 fully saturated rings. The summed E-state index contributed by atoms with van der Waals surface area (Å²) in [6.45, 7) is 3.28. The molecule has 176 valence electrons. The summed E-state index contributed by atoms with van der Waals surface area (Å²) in [5.41, 5.74) is 0.0561. The molecule has 2 heterocycles. The number of hydrogen-bond acceptors (Lipinski definition) is 6. The number of nitrogens with two attached hydrogens (primary N) is 1. The number of aromatic nitrogens is 4. The fraction of sp³-hybridized carbons (Fsp3) is 0.476. The summed E-state index contributed by atoms with van der Waals surface area (Å²) in [5, 5.41) is 12.3. The van der Waals surface area contributed by atoms with Gasteiger partial charge < -0.3 is 36.9 Å². The van der Waals surface area contributed by atoms with Gasteiger partial charge in [0.2, 0.25) is 0 Å². The maximum atomic E-state index is 12.5. The number of aliphatic hydroxyl groups is 1. The van der Waals surface area contributed by atoms with Crippen molar-refractivity contribution in [3.05, 3.63) is 51.4 Å². The van der Waals surface area contributed by atoms with Gasteiger partial charge in [-0.05, 0) is 19.1 Å². The van der Waals surface area contributed by atoms with Gasteiger partial charge in [-0.15, -0.1) is 0 Å². The van der Waals surface area contributed by atoms with E-state index in [9.17, 15) is 14.7 Å². The van der Waals surface area contributed by atoms with Crippen LogP contribution < -0.4 is 38.4 Å². The Labute approximate surface area is 191 Å². The van der Waals surface area contributed by atoms with E-state index in [1.807, 2.05) is 17.4 Å². The number of methoxy groups -OCH3 is 1. The third-order valence-electron chi connectivity index (χ3n) is 5.35. The van der Waals surface area contributed by atoms with Crippen molar-refractivity contribution in [2.24, 2.45) is 14.1 Å². The van der Waals surface area contributed by atoms with Crippen molar-refractivity contribution in [3.63, 3.8) is 0 Å². The Balaban J connectivity index is 0.00000363. The Bertz CT molecular complexity index is 1160. The molecule has 0 saturated carbocycles. The second-order valence-corrected chi connectivity index (χ2v) is 7.67. The molecule has 0 bridgehead atoms. The van der Waals surface area contributed by atoms with Gasteiger partial charge in [0.15, 0.2) is 22.7 Å². The quantitative estimate of drug-likeness (QED) is 0.316. The van der Waals surface area contributed by atoms with Gasteiger partial charge in [-0.25, -0.2) is 9.78 Å². The van der Waals surface area contributed by atoms with Crippen molar-refractivity contribution in [1.29, 1.82) is 0 Å². The molecule has 0 aliphatic carbocycles. The van der Waals surface area contributed by atoms with Crippen molar-refractivity contribution in [1.82, 2.24) is 18.7 Å². The first-order valence-corrected chi connectivity index (χ1v) is 10.2. The average Bonchev–Trinajstić information content (AvgIpc) is 3.21. The lowest BCUT2D eigenvalue weighted by Crippen LogP contribution is -3.00. The van der Waals surface area contributed by atoms with Gasteiger partial charge in [0.05, 0.1) is 19.5 Å². The Kier molecular flexibility index (Phi) is 8.88. The van der Waals surface area contributed by atoms with Crippen LogP contribution in [0.5, 0.6) is 11.5 Å². The normalized spacial score (nSPS) is 12.9. The SMILES string of the molecule is COc1ccccc1OCC(O)C[NH2+]C(C)CCn1cnc2c1c(=O)n(C)c(=O)n2C.[Cl-]. The van der Waals surface area contributed by atoms with E-state index in [2.05, 4.69) is 11.9 Å². The van der Waals surface area contributed by atoms with Crippen LogP contribution in [0.15, 0.2) is 40.2 Å². The fourth-order valence-electron chi connectivity index (χ4n) is 3.41. The fourth-order valence-corrected chi connectivity index (χ4v) is 3.41. The molecule has 32 heavy (non-hydrogen) atoms. The number of quaternary nitrogens is 1. The molecule has 2 aromatic heterocycles. The largest absolute Gasteiger partial charge is 1.00 e. The average molecular weight is 468 g/mol. The molecule has 1 aromatic carbocycles. The molecule has 0 aliphatic rings. The van der Waals surface area contributed by atoms with Crippen LogP contribution in [0.3, 0.4) is 0 Å². The Morgan fingerprint density at radius 1 is 1.16 bits per heavy atom. The molecule has 0 saturated heterocycles. The second kappa shape index (κ2) is 11.2. The zero-order valence-electron chi connectivity index (χ0n) is 18.7. The maximum Gasteiger partial charge on any atom is 0.332 e. The topological polar surface area (TPSA) is 117 Å². The van der Waals surface area contributed by atoms with Crippen molar-refractivity contribution in [2.75, 3.05) is 20.3 Å². The number of hydrogen-bond donors (Lipinski definition) is 2. The number of rotatable bonds is 10. The molecule has 10 nitrogen and oxygen atoms in total. The minimum atomic E-state index is -0.636. The van der Waals surface area contributed by atoms with Crippen LogP contribution in [0, 0.1) is 0 Å². The van der Waals surface area contributed by atoms with Crippen LogP contribution in [-0.4, -0.2) is 56.2 Å². The van der Waals surface area contributed by atoms with Gasteiger partial charge in [0, 0.05) is 27.1 Å². The number of benzene rings is 1. The molecule has 0 radical (unpaired) electrons. The van der Waals surface area contributed by atoms with E-state index in [4.69, 9.17) is 9.47 Å². The zero-order valence-corrected chi connectivity index (χ0v) is 19.5. The number of aliphatic hydroxyl groups excluding tert-OH is 1. The molecule has 11 heteroatoms. The summed E-state index contributed by atoms with van der Waals surface area (Å²) in [6.07, 6.45) is 1.72. The number of nitrogens with zero attached hydrogens (tertiary/aromatic N) is 4. The van der Waals surface area contributed by atoms with E-state index >= 15 is 0 Å². The molecule has 0 amide bonds. The minimum Gasteiger partial charge on any atom is -1.00 e. The van der Waals surface area contributed by atoms with Gasteiger partial charge in [0.25, 0.3) is 5.56 Å². The second-order valence-electron chi connectivity index (χ2n) is 7.67. The molecule has 3 aromatic rings. The van der Waals surface area contributed by atoms with Crippen LogP contribution >= 0.6 is 0 Å². The third-order valence-corrected chi connectivity index (χ3v) is 5.35. The predicted molar refractivity (Wildman–Crippen MR) is 116 cm³/mol. The van der Waals surface area contributed by atoms with Crippen LogP contribution in [0.25, 0.3) is 11.2 Å². The molecular formula is C21H30ClN5O5. The predicted octanol–water partition coefficient (Wildman–Crippen LogP) is -3.77. The van der Waals surface area contributed by atoms with Crippen LogP contribution in [-0.2, 0) is 20.6 Å². The Hall–Kier alpha value is -2.82. The molecular weight excluding hydrogens is 438 g/mol. The molecule has 3 N–H and O–H groups in total. The van der Waals surface area contributed by atoms with Crippen molar-refractivity contribution < 1.29 is 32.3 Å². The molecule has 0 aliphatic heterocycles. The monoisotopic (exact) mass is 467 g/mol. The Morgan fingerprint density at radius 3 is 2.53 bits per heavy atom. The van der Waals surface area contributed by atoms with Crippen LogP contribution in [0.4, 0.5) is 0 Å². The zero-order chi connectivity index (χ0) is 22.5. The van der Waals surface area contributed by atoms with Crippen LogP contribution in [0.1, 0.15) is 13.3 Å². The first-order valence-electron chi connectivity index (χ1n) is 10.2. The summed E-state index contributed by atoms with van der Waals surface area (Å²) in [6, 6.07) is 7.52. The highest BCUT2D eigenvalue weighted by Crippen LogP contribution is 2.25. The van der Waals surface area contributed by atoms with E-state index in [0.717, 1.165) is 11.0 Å². The van der Waals surface area contributed by atoms with E-state index in [0.29, 0.717) is 35.8 Å². The van der Waals surface area contributed by atoms with Gasteiger partial charge in [-0.2, -0.15) is 0 Å². The molecule has 0 spiro atoms. The lowest BCUT2D eigenvalue weighted by Gasteiger charge is -2.16. The first-order chi connectivity index (χ1) is 14.8. The lowest BCUT2D eigenvalue weighted by atomic mass is 10.2. The minimum absolute atomic E-state index is 0. The van der Waals surface area contributed by atoms with Crippen molar-refractivity contribution >= 4 is 11.2 Å². The van der Waals surface area contributed by atoms with Gasteiger partial charge in [-0.1, -0.05) is 12.1 Å². The van der Waals surface area contributed by atoms with E-state index < -0.39 is 11.8 Å². The summed E-state index contributed by atoms with van der Waals surface area (Å²) < 4.78 is 15.1. The standard InChI is InChI=1S/C21H29N5O5.ClH/c1-14(22-11-15(27)12-31-17-8-6-5-7-16(17)30-4)9-10-26-13-23-19-18(26)20(28)25(3)21(29)24(19)2;/h5-8,13-15,22,27H,9-12H2,1-4H3;1H. The summed E-state index contributed by atoms with van der Waals surface area (Å²) in [4.78, 5) is 28.8. The highest BCUT2D eigenvalue weighted by atomic mass is 35.5. The number of fused-ring (bicyclic) bond motifs is 1. The van der Waals surface area contributed by atoms with Crippen molar-refractivity contribution in [2.45, 2.75) is 32.0 Å². The molecule has 2 atom stereocenters. The summed E-state index contributed by atoms with van der Waals surface area (Å²) >= 11 is 0. The van der Waals surface area contributed by atoms with E-state index in [1.165, 1.54) is 11.6 Å². The number of halogens is 1. The number of ether oxygens (including phenoxy) is 2. The van der Waals surface area contributed by atoms with E-state index in [1.54, 1.807) is 37.2 Å². The molecule has 2 unspecified atom stereocenters. The van der Waals surface area contributed by atoms with Gasteiger partial charge >= 0.3 is 5.69 Å². The smallest absolute Gasteiger partial charge is 0.332 e. The van der Waals surface area contributed by atoms with Crippen LogP contribution in [0.2, 0.25) is 0 Å². The van der Waals surface area contributed by atoms with E-state index in [-0.39, 0.29) is 30.6 Å². The number of para-hydroxylation sites is 2. The maximum absolute atomic E-state index is 12.5. The third kappa shape index (κ3) is 5.50. The van der Waals surface area contributed by atoms with Gasteiger partial charge in [-0.3, -0.25) is 13.9 Å². The number of imidazole rings is 1. The summed E-state index contributed by atoms with van der Waals surface area (Å²) in [5.74, 6) is 1.23. The van der Waals surface area contributed by atoms with Crippen molar-refractivity contribution in [3.8, 4) is 11.5 Å². The highest BCUT2D eigenvalue weighted by molar-refractivity contribution is 5.69. The number of aryl methyl sites for hydroxylation is 2. The lowest BCUT2D eigenvalue weighted by molar-refractivity contribution is -0.692.